The zero-order chi connectivity index (χ0) is 35.3. The van der Waals surface area contributed by atoms with Crippen LogP contribution in [0.5, 0.6) is 0 Å². The van der Waals surface area contributed by atoms with Crippen molar-refractivity contribution in [1.29, 1.82) is 0 Å². The molecule has 0 unspecified atom stereocenters. The van der Waals surface area contributed by atoms with Crippen LogP contribution in [0.4, 0.5) is 13.2 Å². The normalized spacial score (nSPS) is 14.2. The van der Waals surface area contributed by atoms with E-state index >= 15 is 0 Å². The first kappa shape index (κ1) is 39.4. The van der Waals surface area contributed by atoms with Gasteiger partial charge < -0.3 is 9.80 Å². The number of hydrogen-bond acceptors (Lipinski definition) is 3. The third kappa shape index (κ3) is 11.8. The fourth-order valence-corrected chi connectivity index (χ4v) is 6.32. The average Bonchev–Trinajstić information content (AvgIpc) is 3.13. The highest BCUT2D eigenvalue weighted by Crippen LogP contribution is 2.29. The van der Waals surface area contributed by atoms with Gasteiger partial charge in [-0.25, -0.2) is 0 Å². The summed E-state index contributed by atoms with van der Waals surface area (Å²) in [5, 5.41) is 0. The third-order valence-electron chi connectivity index (χ3n) is 9.25. The number of piperazine rings is 1. The minimum Gasteiger partial charge on any atom is -0.338 e. The number of alkyl halides is 3. The Morgan fingerprint density at radius 2 is 1.33 bits per heavy atom. The molecular formula is C42H47ClF3N3O2. The van der Waals surface area contributed by atoms with Gasteiger partial charge in [-0.15, -0.1) is 12.4 Å². The van der Waals surface area contributed by atoms with Crippen LogP contribution in [0.3, 0.4) is 0 Å². The number of halogens is 4. The molecule has 1 aliphatic rings. The van der Waals surface area contributed by atoms with E-state index in [0.717, 1.165) is 62.2 Å². The van der Waals surface area contributed by atoms with E-state index in [0.29, 0.717) is 25.1 Å². The minimum atomic E-state index is -4.45. The van der Waals surface area contributed by atoms with Crippen LogP contribution in [-0.2, 0) is 41.7 Å². The van der Waals surface area contributed by atoms with Crippen molar-refractivity contribution >= 4 is 30.3 Å². The highest BCUT2D eigenvalue weighted by molar-refractivity contribution is 5.95. The Balaban J connectivity index is 0.00000583. The van der Waals surface area contributed by atoms with Gasteiger partial charge in [0.1, 0.15) is 6.04 Å². The first-order valence-electron chi connectivity index (χ1n) is 17.5. The maximum atomic E-state index is 14.5. The van der Waals surface area contributed by atoms with Crippen LogP contribution in [0.1, 0.15) is 59.6 Å². The van der Waals surface area contributed by atoms with Gasteiger partial charge in [0.2, 0.25) is 11.8 Å². The largest absolute Gasteiger partial charge is 0.416 e. The van der Waals surface area contributed by atoms with Crippen LogP contribution in [-0.4, -0.2) is 58.7 Å². The summed E-state index contributed by atoms with van der Waals surface area (Å²) < 4.78 is 39.4. The van der Waals surface area contributed by atoms with Gasteiger partial charge in [0.05, 0.1) is 5.56 Å². The summed E-state index contributed by atoms with van der Waals surface area (Å²) in [7, 11) is 0. The molecule has 0 N–H and O–H groups in total. The fraction of sp³-hybridized carbons (Fsp3) is 0.333. The number of hydrogen-bond donors (Lipinski definition) is 0. The Morgan fingerprint density at radius 1 is 0.745 bits per heavy atom. The minimum absolute atomic E-state index is 0. The lowest BCUT2D eigenvalue weighted by Crippen LogP contribution is -2.56. The fourth-order valence-electron chi connectivity index (χ4n) is 6.32. The second-order valence-electron chi connectivity index (χ2n) is 13.0. The van der Waals surface area contributed by atoms with Gasteiger partial charge >= 0.3 is 6.18 Å². The molecule has 1 aliphatic heterocycles. The second kappa shape index (κ2) is 19.3. The van der Waals surface area contributed by atoms with Crippen LogP contribution >= 0.6 is 12.4 Å². The standard InChI is InChI=1S/C42H46F3N3O2.ClH/c1-2-3-6-11-33-16-18-37(19-17-33)32-48(40(49)25-22-34-20-23-38(24-21-34)42(43,44)45)39(30-35-12-7-4-8-13-35)41(50)47-28-26-46(27-29-47)31-36-14-9-5-10-15-36;/h4-5,7-10,12-25,39H,2-3,6,11,26-32H2,1H3;1H/t39-;/m0./s1. The second-order valence-corrected chi connectivity index (χ2v) is 13.0. The predicted molar refractivity (Wildman–Crippen MR) is 200 cm³/mol. The molecule has 5 rings (SSSR count). The van der Waals surface area contributed by atoms with Gasteiger partial charge in [-0.2, -0.15) is 13.2 Å². The summed E-state index contributed by atoms with van der Waals surface area (Å²) in [4.78, 5) is 34.5. The number of carbonyl (C=O) groups is 2. The van der Waals surface area contributed by atoms with Crippen molar-refractivity contribution < 1.29 is 22.8 Å². The van der Waals surface area contributed by atoms with Gasteiger partial charge in [-0.3, -0.25) is 14.5 Å². The predicted octanol–water partition coefficient (Wildman–Crippen LogP) is 8.86. The number of aryl methyl sites for hydroxylation is 1. The Hall–Kier alpha value is -4.40. The first-order chi connectivity index (χ1) is 24.2. The van der Waals surface area contributed by atoms with E-state index in [1.165, 1.54) is 41.8 Å². The number of unbranched alkanes of at least 4 members (excludes halogenated alkanes) is 2. The zero-order valence-corrected chi connectivity index (χ0v) is 29.9. The van der Waals surface area contributed by atoms with Gasteiger partial charge in [0.15, 0.2) is 0 Å². The molecule has 0 aromatic heterocycles. The van der Waals surface area contributed by atoms with Crippen LogP contribution < -0.4 is 0 Å². The average molecular weight is 718 g/mol. The van der Waals surface area contributed by atoms with E-state index in [9.17, 15) is 22.8 Å². The smallest absolute Gasteiger partial charge is 0.338 e. The van der Waals surface area contributed by atoms with Crippen molar-refractivity contribution in [2.75, 3.05) is 26.2 Å². The monoisotopic (exact) mass is 717 g/mol. The molecule has 1 atom stereocenters. The van der Waals surface area contributed by atoms with Crippen molar-refractivity contribution in [2.45, 2.75) is 64.3 Å². The topological polar surface area (TPSA) is 43.9 Å². The summed E-state index contributed by atoms with van der Waals surface area (Å²) in [5.74, 6) is -0.491. The number of amides is 2. The van der Waals surface area contributed by atoms with E-state index in [2.05, 4.69) is 36.1 Å². The first-order valence-corrected chi connectivity index (χ1v) is 17.5. The van der Waals surface area contributed by atoms with Gasteiger partial charge in [0.25, 0.3) is 0 Å². The summed E-state index contributed by atoms with van der Waals surface area (Å²) in [6.07, 6.45) is 3.17. The Bertz CT molecular complexity index is 1670. The van der Waals surface area contributed by atoms with Crippen molar-refractivity contribution in [3.63, 3.8) is 0 Å². The molecule has 0 bridgehead atoms. The van der Waals surface area contributed by atoms with Crippen molar-refractivity contribution in [2.24, 2.45) is 0 Å². The molecule has 51 heavy (non-hydrogen) atoms. The molecule has 1 saturated heterocycles. The zero-order valence-electron chi connectivity index (χ0n) is 29.1. The molecular weight excluding hydrogens is 671 g/mol. The maximum absolute atomic E-state index is 14.5. The molecule has 270 valence electrons. The molecule has 5 nitrogen and oxygen atoms in total. The summed E-state index contributed by atoms with van der Waals surface area (Å²) >= 11 is 0. The molecule has 9 heteroatoms. The van der Waals surface area contributed by atoms with Gasteiger partial charge in [-0.05, 0) is 58.9 Å². The molecule has 4 aromatic rings. The van der Waals surface area contributed by atoms with Crippen LogP contribution in [0.15, 0.2) is 115 Å². The van der Waals surface area contributed by atoms with Crippen molar-refractivity contribution in [1.82, 2.24) is 14.7 Å². The van der Waals surface area contributed by atoms with E-state index in [1.54, 1.807) is 4.90 Å². The molecule has 0 saturated carbocycles. The Labute approximate surface area is 306 Å². The van der Waals surface area contributed by atoms with E-state index < -0.39 is 17.8 Å². The van der Waals surface area contributed by atoms with Gasteiger partial charge in [-0.1, -0.05) is 117 Å². The van der Waals surface area contributed by atoms with Gasteiger partial charge in [0, 0.05) is 51.8 Å². The van der Waals surface area contributed by atoms with Crippen LogP contribution in [0, 0.1) is 0 Å². The summed E-state index contributed by atoms with van der Waals surface area (Å²) in [5.41, 5.74) is 4.00. The lowest BCUT2D eigenvalue weighted by Gasteiger charge is -2.39. The summed E-state index contributed by atoms with van der Waals surface area (Å²) in [6.45, 7) is 5.74. The van der Waals surface area contributed by atoms with Crippen molar-refractivity contribution in [3.8, 4) is 0 Å². The van der Waals surface area contributed by atoms with E-state index in [1.807, 2.05) is 65.6 Å². The molecule has 1 heterocycles. The highest BCUT2D eigenvalue weighted by atomic mass is 35.5. The lowest BCUT2D eigenvalue weighted by molar-refractivity contribution is -0.145. The highest BCUT2D eigenvalue weighted by Gasteiger charge is 2.34. The molecule has 0 aliphatic carbocycles. The quantitative estimate of drug-likeness (QED) is 0.0968. The maximum Gasteiger partial charge on any atom is 0.416 e. The molecule has 0 spiro atoms. The van der Waals surface area contributed by atoms with Crippen LogP contribution in [0.25, 0.3) is 6.08 Å². The van der Waals surface area contributed by atoms with Crippen LogP contribution in [0.2, 0.25) is 0 Å². The third-order valence-corrected chi connectivity index (χ3v) is 9.25. The van der Waals surface area contributed by atoms with E-state index in [4.69, 9.17) is 0 Å². The number of carbonyl (C=O) groups excluding carboxylic acids is 2. The van der Waals surface area contributed by atoms with Crippen molar-refractivity contribution in [3.05, 3.63) is 149 Å². The molecule has 4 aromatic carbocycles. The Kier molecular flexibility index (Phi) is 14.9. The Morgan fingerprint density at radius 3 is 1.92 bits per heavy atom. The molecule has 1 fully saturated rings. The molecule has 2 amide bonds. The number of nitrogens with zero attached hydrogens (tertiary/aromatic N) is 3. The molecule has 0 radical (unpaired) electrons. The lowest BCUT2D eigenvalue weighted by atomic mass is 10.0. The number of benzene rings is 4. The summed E-state index contributed by atoms with van der Waals surface area (Å²) in [6, 6.07) is 32.1. The number of rotatable bonds is 14. The SMILES string of the molecule is CCCCCc1ccc(CN(C(=O)C=Cc2ccc(C(F)(F)F)cc2)[C@@H](Cc2ccccc2)C(=O)N2CCN(Cc3ccccc3)CC2)cc1.Cl. The van der Waals surface area contributed by atoms with E-state index in [-0.39, 0.29) is 30.8 Å².